The van der Waals surface area contributed by atoms with Gasteiger partial charge >= 0.3 is 0 Å². The minimum absolute atomic E-state index is 1.06. The smallest absolute Gasteiger partial charge is 0.0141 e. The van der Waals surface area contributed by atoms with E-state index in [2.05, 4.69) is 31.8 Å². The lowest BCUT2D eigenvalue weighted by molar-refractivity contribution is 0.735. The first-order valence-corrected chi connectivity index (χ1v) is 4.91. The molecule has 0 aromatic carbocycles. The van der Waals surface area contributed by atoms with E-state index in [4.69, 9.17) is 0 Å². The first-order chi connectivity index (χ1) is 6.18. The van der Waals surface area contributed by atoms with Crippen molar-refractivity contribution in [3.8, 4) is 0 Å². The summed E-state index contributed by atoms with van der Waals surface area (Å²) in [6.07, 6.45) is 8.55. The number of hydrogen-bond donors (Lipinski definition) is 1. The van der Waals surface area contributed by atoms with Crippen LogP contribution in [0.15, 0.2) is 36.1 Å². The molecule has 0 fully saturated rings. The van der Waals surface area contributed by atoms with Gasteiger partial charge in [0.15, 0.2) is 0 Å². The second-order valence-electron chi connectivity index (χ2n) is 3.30. The van der Waals surface area contributed by atoms with Crippen molar-refractivity contribution in [2.24, 2.45) is 0 Å². The maximum Gasteiger partial charge on any atom is 0.0141 e. The van der Waals surface area contributed by atoms with Gasteiger partial charge in [-0.25, -0.2) is 0 Å². The van der Waals surface area contributed by atoms with Gasteiger partial charge in [0.25, 0.3) is 0 Å². The number of rotatable bonds is 6. The molecular formula is C12H21N. The van der Waals surface area contributed by atoms with Gasteiger partial charge < -0.3 is 5.32 Å². The molecule has 0 aliphatic carbocycles. The van der Waals surface area contributed by atoms with Gasteiger partial charge in [0.1, 0.15) is 0 Å². The maximum absolute atomic E-state index is 3.86. The minimum Gasteiger partial charge on any atom is -0.391 e. The highest BCUT2D eigenvalue weighted by molar-refractivity contribution is 5.27. The zero-order valence-corrected chi connectivity index (χ0v) is 9.06. The summed E-state index contributed by atoms with van der Waals surface area (Å²) >= 11 is 0. The van der Waals surface area contributed by atoms with Crippen molar-refractivity contribution in [3.05, 3.63) is 36.1 Å². The summed E-state index contributed by atoms with van der Waals surface area (Å²) in [4.78, 5) is 0. The van der Waals surface area contributed by atoms with E-state index < -0.39 is 0 Å². The van der Waals surface area contributed by atoms with Crippen LogP contribution in [-0.2, 0) is 0 Å². The van der Waals surface area contributed by atoms with Gasteiger partial charge in [-0.05, 0) is 38.1 Å². The number of hydrogen-bond acceptors (Lipinski definition) is 1. The van der Waals surface area contributed by atoms with Crippen LogP contribution in [0.2, 0.25) is 0 Å². The van der Waals surface area contributed by atoms with Crippen molar-refractivity contribution >= 4 is 0 Å². The van der Waals surface area contributed by atoms with Crippen LogP contribution in [0.4, 0.5) is 0 Å². The summed E-state index contributed by atoms with van der Waals surface area (Å²) in [6.45, 7) is 11.2. The summed E-state index contributed by atoms with van der Waals surface area (Å²) in [5.41, 5.74) is 2.35. The molecule has 0 unspecified atom stereocenters. The van der Waals surface area contributed by atoms with Crippen molar-refractivity contribution in [3.63, 3.8) is 0 Å². The Bertz CT molecular complexity index is 199. The standard InChI is InChI=1S/C12H21N/c1-5-6-9-13-10-7-8-12(4)11(2)3/h7-8,10,13H,2,5-6,9H2,1,3-4H3/b10-7+,12-8+. The van der Waals surface area contributed by atoms with Crippen LogP contribution in [-0.4, -0.2) is 6.54 Å². The highest BCUT2D eigenvalue weighted by Crippen LogP contribution is 2.03. The van der Waals surface area contributed by atoms with Crippen molar-refractivity contribution in [1.82, 2.24) is 5.32 Å². The second kappa shape index (κ2) is 7.66. The van der Waals surface area contributed by atoms with Crippen LogP contribution in [0.3, 0.4) is 0 Å². The van der Waals surface area contributed by atoms with Crippen molar-refractivity contribution in [2.45, 2.75) is 33.6 Å². The monoisotopic (exact) mass is 179 g/mol. The summed E-state index contributed by atoms with van der Waals surface area (Å²) in [7, 11) is 0. The van der Waals surface area contributed by atoms with Gasteiger partial charge in [-0.2, -0.15) is 0 Å². The molecule has 0 aliphatic heterocycles. The molecule has 0 radical (unpaired) electrons. The SMILES string of the molecule is C=C(C)/C(C)=C/C=C/NCCCC. The van der Waals surface area contributed by atoms with Gasteiger partial charge in [-0.3, -0.25) is 0 Å². The Morgan fingerprint density at radius 1 is 1.38 bits per heavy atom. The Labute approximate surface area is 82.2 Å². The molecule has 0 saturated carbocycles. The van der Waals surface area contributed by atoms with Gasteiger partial charge in [0.2, 0.25) is 0 Å². The maximum atomic E-state index is 3.86. The molecule has 0 aromatic heterocycles. The third-order valence-corrected chi connectivity index (χ3v) is 1.91. The molecule has 0 aromatic rings. The molecule has 0 rings (SSSR count). The average molecular weight is 179 g/mol. The zero-order chi connectivity index (χ0) is 10.1. The number of allylic oxidation sites excluding steroid dienone is 4. The molecule has 0 saturated heterocycles. The lowest BCUT2D eigenvalue weighted by Gasteiger charge is -1.97. The predicted octanol–water partition coefficient (Wildman–Crippen LogP) is 3.41. The van der Waals surface area contributed by atoms with E-state index in [-0.39, 0.29) is 0 Å². The van der Waals surface area contributed by atoms with E-state index in [1.807, 2.05) is 19.2 Å². The Balaban J connectivity index is 3.62. The molecule has 13 heavy (non-hydrogen) atoms. The fourth-order valence-corrected chi connectivity index (χ4v) is 0.765. The van der Waals surface area contributed by atoms with Gasteiger partial charge in [0, 0.05) is 6.54 Å². The third kappa shape index (κ3) is 7.38. The van der Waals surface area contributed by atoms with E-state index in [1.54, 1.807) is 0 Å². The largest absolute Gasteiger partial charge is 0.391 e. The highest BCUT2D eigenvalue weighted by Gasteiger charge is 1.84. The van der Waals surface area contributed by atoms with Crippen molar-refractivity contribution < 1.29 is 0 Å². The summed E-state index contributed by atoms with van der Waals surface area (Å²) < 4.78 is 0. The number of nitrogens with one attached hydrogen (secondary N) is 1. The molecule has 0 aliphatic rings. The van der Waals surface area contributed by atoms with Crippen LogP contribution in [0.25, 0.3) is 0 Å². The van der Waals surface area contributed by atoms with E-state index in [1.165, 1.54) is 18.4 Å². The van der Waals surface area contributed by atoms with E-state index in [9.17, 15) is 0 Å². The Hall–Kier alpha value is -0.980. The minimum atomic E-state index is 1.06. The van der Waals surface area contributed by atoms with Crippen molar-refractivity contribution in [1.29, 1.82) is 0 Å². The Morgan fingerprint density at radius 2 is 2.08 bits per heavy atom. The van der Waals surface area contributed by atoms with E-state index in [0.717, 1.165) is 12.1 Å². The quantitative estimate of drug-likeness (QED) is 0.486. The zero-order valence-electron chi connectivity index (χ0n) is 9.06. The van der Waals surface area contributed by atoms with Crippen LogP contribution >= 0.6 is 0 Å². The molecule has 1 N–H and O–H groups in total. The number of unbranched alkanes of at least 4 members (excludes halogenated alkanes) is 1. The van der Waals surface area contributed by atoms with E-state index >= 15 is 0 Å². The molecule has 1 nitrogen and oxygen atoms in total. The highest BCUT2D eigenvalue weighted by atomic mass is 14.8. The molecule has 74 valence electrons. The lowest BCUT2D eigenvalue weighted by Crippen LogP contribution is -2.05. The second-order valence-corrected chi connectivity index (χ2v) is 3.30. The summed E-state index contributed by atoms with van der Waals surface area (Å²) in [5, 5.41) is 3.23. The van der Waals surface area contributed by atoms with E-state index in [0.29, 0.717) is 0 Å². The third-order valence-electron chi connectivity index (χ3n) is 1.91. The topological polar surface area (TPSA) is 12.0 Å². The average Bonchev–Trinajstić information content (AvgIpc) is 2.10. The molecule has 1 heteroatoms. The predicted molar refractivity (Wildman–Crippen MR) is 60.6 cm³/mol. The Morgan fingerprint density at radius 3 is 2.62 bits per heavy atom. The van der Waals surface area contributed by atoms with Crippen LogP contribution in [0.5, 0.6) is 0 Å². The first-order valence-electron chi connectivity index (χ1n) is 4.91. The molecule has 0 amide bonds. The summed E-state index contributed by atoms with van der Waals surface area (Å²) in [5.74, 6) is 0. The van der Waals surface area contributed by atoms with Gasteiger partial charge in [-0.15, -0.1) is 0 Å². The molecule has 0 bridgehead atoms. The fourth-order valence-electron chi connectivity index (χ4n) is 0.765. The van der Waals surface area contributed by atoms with Crippen LogP contribution in [0.1, 0.15) is 33.6 Å². The first kappa shape index (κ1) is 12.0. The Kier molecular flexibility index (Phi) is 7.08. The molecule has 0 spiro atoms. The normalized spacial score (nSPS) is 12.1. The van der Waals surface area contributed by atoms with Gasteiger partial charge in [-0.1, -0.05) is 31.6 Å². The molecule has 0 atom stereocenters. The van der Waals surface area contributed by atoms with Gasteiger partial charge in [0.05, 0.1) is 0 Å². The van der Waals surface area contributed by atoms with Crippen molar-refractivity contribution in [2.75, 3.05) is 6.54 Å². The van der Waals surface area contributed by atoms with Crippen LogP contribution < -0.4 is 5.32 Å². The fraction of sp³-hybridized carbons (Fsp3) is 0.500. The van der Waals surface area contributed by atoms with Crippen LogP contribution in [0, 0.1) is 0 Å². The molecule has 0 heterocycles. The molecular weight excluding hydrogens is 158 g/mol. The lowest BCUT2D eigenvalue weighted by atomic mass is 10.1. The summed E-state index contributed by atoms with van der Waals surface area (Å²) in [6, 6.07) is 0.